The standard InChI is InChI=1S/C14H22N4OS/c1-16-14(19)11-2-3-12(15)13(10-11)17-4-5-18-6-8-20-9-7-18/h2-3,10,17H,4-9,15H2,1H3,(H,16,19). The molecule has 5 nitrogen and oxygen atoms in total. The van der Waals surface area contributed by atoms with Gasteiger partial charge in [-0.15, -0.1) is 0 Å². The molecule has 6 heteroatoms. The number of carbonyl (C=O) groups excluding carboxylic acids is 1. The van der Waals surface area contributed by atoms with Crippen molar-refractivity contribution in [2.45, 2.75) is 0 Å². The number of nitrogens with two attached hydrogens (primary N) is 1. The SMILES string of the molecule is CNC(=O)c1ccc(N)c(NCCN2CCSCC2)c1. The average Bonchev–Trinajstić information content (AvgIpc) is 2.49. The molecule has 0 aliphatic carbocycles. The molecule has 2 rings (SSSR count). The molecule has 4 N–H and O–H groups in total. The Morgan fingerprint density at radius 2 is 2.15 bits per heavy atom. The number of thioether (sulfide) groups is 1. The molecule has 1 saturated heterocycles. The largest absolute Gasteiger partial charge is 0.397 e. The van der Waals surface area contributed by atoms with Gasteiger partial charge in [-0.3, -0.25) is 9.69 Å². The summed E-state index contributed by atoms with van der Waals surface area (Å²) in [6.45, 7) is 4.15. The number of hydrogen-bond donors (Lipinski definition) is 3. The summed E-state index contributed by atoms with van der Waals surface area (Å²) in [7, 11) is 1.63. The van der Waals surface area contributed by atoms with E-state index in [1.54, 1.807) is 25.2 Å². The van der Waals surface area contributed by atoms with Crippen molar-refractivity contribution in [1.29, 1.82) is 0 Å². The quantitative estimate of drug-likeness (QED) is 0.709. The van der Waals surface area contributed by atoms with Crippen LogP contribution < -0.4 is 16.4 Å². The fourth-order valence-electron chi connectivity index (χ4n) is 2.17. The smallest absolute Gasteiger partial charge is 0.251 e. The van der Waals surface area contributed by atoms with Gasteiger partial charge in [0.2, 0.25) is 0 Å². The van der Waals surface area contributed by atoms with E-state index in [0.717, 1.165) is 31.9 Å². The minimum absolute atomic E-state index is 0.0962. The van der Waals surface area contributed by atoms with Gasteiger partial charge in [0.25, 0.3) is 5.91 Å². The van der Waals surface area contributed by atoms with Gasteiger partial charge in [-0.2, -0.15) is 11.8 Å². The van der Waals surface area contributed by atoms with E-state index < -0.39 is 0 Å². The van der Waals surface area contributed by atoms with Crippen LogP contribution >= 0.6 is 11.8 Å². The first-order valence-electron chi connectivity index (χ1n) is 6.86. The number of rotatable bonds is 5. The number of benzene rings is 1. The molecule has 0 aromatic heterocycles. The second-order valence-corrected chi connectivity index (χ2v) is 5.99. The lowest BCUT2D eigenvalue weighted by molar-refractivity contribution is 0.0963. The van der Waals surface area contributed by atoms with E-state index in [1.807, 2.05) is 11.8 Å². The van der Waals surface area contributed by atoms with Gasteiger partial charge in [0.05, 0.1) is 11.4 Å². The summed E-state index contributed by atoms with van der Waals surface area (Å²) < 4.78 is 0. The zero-order valence-corrected chi connectivity index (χ0v) is 12.6. The van der Waals surface area contributed by atoms with E-state index >= 15 is 0 Å². The van der Waals surface area contributed by atoms with Crippen LogP contribution in [0.5, 0.6) is 0 Å². The summed E-state index contributed by atoms with van der Waals surface area (Å²) in [5.74, 6) is 2.34. The molecule has 1 aliphatic heterocycles. The van der Waals surface area contributed by atoms with Crippen molar-refractivity contribution in [2.24, 2.45) is 0 Å². The minimum atomic E-state index is -0.0962. The van der Waals surface area contributed by atoms with Crippen molar-refractivity contribution in [2.75, 3.05) is 55.8 Å². The van der Waals surface area contributed by atoms with Crippen LogP contribution in [0.1, 0.15) is 10.4 Å². The van der Waals surface area contributed by atoms with Gasteiger partial charge in [0.1, 0.15) is 0 Å². The Balaban J connectivity index is 1.89. The van der Waals surface area contributed by atoms with Gasteiger partial charge in [-0.25, -0.2) is 0 Å². The average molecular weight is 294 g/mol. The molecule has 1 aromatic rings. The van der Waals surface area contributed by atoms with Crippen molar-refractivity contribution in [1.82, 2.24) is 10.2 Å². The first-order chi connectivity index (χ1) is 9.70. The minimum Gasteiger partial charge on any atom is -0.397 e. The van der Waals surface area contributed by atoms with Gasteiger partial charge in [0.15, 0.2) is 0 Å². The van der Waals surface area contributed by atoms with Gasteiger partial charge < -0.3 is 16.4 Å². The predicted molar refractivity (Wildman–Crippen MR) is 86.5 cm³/mol. The molecule has 0 radical (unpaired) electrons. The highest BCUT2D eigenvalue weighted by atomic mass is 32.2. The summed E-state index contributed by atoms with van der Waals surface area (Å²) in [5, 5.41) is 5.94. The Labute approximate surface area is 124 Å². The maximum atomic E-state index is 11.6. The Kier molecular flexibility index (Phi) is 5.55. The molecule has 1 aliphatic rings. The number of nitrogens with zero attached hydrogens (tertiary/aromatic N) is 1. The molecular formula is C14H22N4OS. The normalized spacial score (nSPS) is 15.8. The number of anilines is 2. The Morgan fingerprint density at radius 3 is 2.85 bits per heavy atom. The van der Waals surface area contributed by atoms with Crippen LogP contribution in [0.2, 0.25) is 0 Å². The molecule has 0 bridgehead atoms. The van der Waals surface area contributed by atoms with Gasteiger partial charge in [0, 0.05) is 50.3 Å². The third-order valence-corrected chi connectivity index (χ3v) is 4.33. The van der Waals surface area contributed by atoms with Crippen molar-refractivity contribution in [3.8, 4) is 0 Å². The number of amides is 1. The van der Waals surface area contributed by atoms with Crippen molar-refractivity contribution in [3.05, 3.63) is 23.8 Å². The second-order valence-electron chi connectivity index (χ2n) is 4.76. The fourth-order valence-corrected chi connectivity index (χ4v) is 3.15. The molecule has 0 atom stereocenters. The number of nitrogen functional groups attached to an aromatic ring is 1. The number of carbonyl (C=O) groups is 1. The lowest BCUT2D eigenvalue weighted by Crippen LogP contribution is -2.36. The van der Waals surface area contributed by atoms with E-state index in [1.165, 1.54) is 11.5 Å². The van der Waals surface area contributed by atoms with Crippen LogP contribution in [-0.4, -0.2) is 55.5 Å². The van der Waals surface area contributed by atoms with E-state index in [9.17, 15) is 4.79 Å². The molecule has 1 amide bonds. The van der Waals surface area contributed by atoms with E-state index in [4.69, 9.17) is 5.73 Å². The number of nitrogens with one attached hydrogen (secondary N) is 2. The van der Waals surface area contributed by atoms with Crippen molar-refractivity contribution < 1.29 is 4.79 Å². The summed E-state index contributed by atoms with van der Waals surface area (Å²) in [6.07, 6.45) is 0. The molecule has 1 heterocycles. The monoisotopic (exact) mass is 294 g/mol. The molecule has 0 unspecified atom stereocenters. The number of hydrogen-bond acceptors (Lipinski definition) is 5. The summed E-state index contributed by atoms with van der Waals surface area (Å²) >= 11 is 2.01. The van der Waals surface area contributed by atoms with Crippen LogP contribution in [0, 0.1) is 0 Å². The van der Waals surface area contributed by atoms with Crippen molar-refractivity contribution in [3.63, 3.8) is 0 Å². The first kappa shape index (κ1) is 15.0. The molecule has 1 aromatic carbocycles. The lowest BCUT2D eigenvalue weighted by atomic mass is 10.1. The van der Waals surface area contributed by atoms with Crippen LogP contribution in [-0.2, 0) is 0 Å². The summed E-state index contributed by atoms with van der Waals surface area (Å²) in [4.78, 5) is 14.1. The third kappa shape index (κ3) is 4.05. The van der Waals surface area contributed by atoms with E-state index in [0.29, 0.717) is 11.3 Å². The lowest BCUT2D eigenvalue weighted by Gasteiger charge is -2.26. The molecular weight excluding hydrogens is 272 g/mol. The van der Waals surface area contributed by atoms with Gasteiger partial charge in [-0.05, 0) is 18.2 Å². The van der Waals surface area contributed by atoms with E-state index in [-0.39, 0.29) is 5.91 Å². The second kappa shape index (κ2) is 7.40. The Bertz CT molecular complexity index is 460. The Hall–Kier alpha value is -1.40. The zero-order chi connectivity index (χ0) is 14.4. The Morgan fingerprint density at radius 1 is 1.40 bits per heavy atom. The molecule has 0 saturated carbocycles. The highest BCUT2D eigenvalue weighted by Crippen LogP contribution is 2.20. The molecule has 20 heavy (non-hydrogen) atoms. The van der Waals surface area contributed by atoms with Crippen LogP contribution in [0.4, 0.5) is 11.4 Å². The first-order valence-corrected chi connectivity index (χ1v) is 8.02. The topological polar surface area (TPSA) is 70.4 Å². The van der Waals surface area contributed by atoms with Crippen LogP contribution in [0.15, 0.2) is 18.2 Å². The maximum absolute atomic E-state index is 11.6. The van der Waals surface area contributed by atoms with Crippen LogP contribution in [0.25, 0.3) is 0 Å². The molecule has 0 spiro atoms. The van der Waals surface area contributed by atoms with Gasteiger partial charge >= 0.3 is 0 Å². The van der Waals surface area contributed by atoms with E-state index in [2.05, 4.69) is 15.5 Å². The third-order valence-electron chi connectivity index (χ3n) is 3.39. The highest BCUT2D eigenvalue weighted by Gasteiger charge is 2.10. The molecule has 110 valence electrons. The predicted octanol–water partition coefficient (Wildman–Crippen LogP) is 1.09. The molecule has 1 fully saturated rings. The van der Waals surface area contributed by atoms with Crippen LogP contribution in [0.3, 0.4) is 0 Å². The summed E-state index contributed by atoms with van der Waals surface area (Å²) in [6, 6.07) is 5.31. The van der Waals surface area contributed by atoms with Gasteiger partial charge in [-0.1, -0.05) is 0 Å². The fraction of sp³-hybridized carbons (Fsp3) is 0.500. The summed E-state index contributed by atoms with van der Waals surface area (Å²) in [5.41, 5.74) is 8.07. The van der Waals surface area contributed by atoms with Crippen molar-refractivity contribution >= 4 is 29.0 Å². The highest BCUT2D eigenvalue weighted by molar-refractivity contribution is 7.99. The zero-order valence-electron chi connectivity index (χ0n) is 11.8. The maximum Gasteiger partial charge on any atom is 0.251 e.